The molecule has 0 radical (unpaired) electrons. The molecule has 0 saturated heterocycles. The van der Waals surface area contributed by atoms with Crippen LogP contribution in [0.15, 0.2) is 0 Å². The van der Waals surface area contributed by atoms with Gasteiger partial charge in [-0.05, 0) is 6.42 Å². The number of esters is 1. The van der Waals surface area contributed by atoms with Crippen LogP contribution in [0.5, 0.6) is 0 Å². The number of carboxylic acids is 1. The van der Waals surface area contributed by atoms with Gasteiger partial charge in [0.05, 0.1) is 40.3 Å². The maximum Gasteiger partial charge on any atom is 0.305 e. The number of quaternary nitrogens is 1. The van der Waals surface area contributed by atoms with Crippen molar-refractivity contribution < 1.29 is 38.5 Å². The van der Waals surface area contributed by atoms with Gasteiger partial charge in [-0.25, -0.2) is 0 Å². The number of aliphatic hydroxyl groups is 1. The summed E-state index contributed by atoms with van der Waals surface area (Å²) in [5.74, 6) is -1.86. The number of nitrogens with zero attached hydrogens (tertiary/aromatic N) is 1. The third-order valence-corrected chi connectivity index (χ3v) is 11.1. The van der Waals surface area contributed by atoms with E-state index in [0.717, 1.165) is 19.3 Å². The lowest BCUT2D eigenvalue weighted by molar-refractivity contribution is -0.870. The predicted molar refractivity (Wildman–Crippen MR) is 232 cm³/mol. The van der Waals surface area contributed by atoms with E-state index in [1.54, 1.807) is 0 Å². The number of unbranched alkanes of at least 4 members (excludes halogenated alkanes) is 34. The number of aliphatic hydroxyl groups excluding tert-OH is 1. The molecule has 56 heavy (non-hydrogen) atoms. The molecule has 2 unspecified atom stereocenters. The van der Waals surface area contributed by atoms with Crippen LogP contribution in [0.3, 0.4) is 0 Å². The molecule has 0 aromatic rings. The molecule has 0 heterocycles. The first-order valence-corrected chi connectivity index (χ1v) is 24.2. The predicted octanol–water partition coefficient (Wildman–Crippen LogP) is 11.8. The number of likely N-dealkylation sites (N-methyl/N-ethyl adjacent to an activating group) is 1. The molecule has 334 valence electrons. The van der Waals surface area contributed by atoms with Gasteiger partial charge in [0.25, 0.3) is 0 Å². The molecule has 8 heteroatoms. The minimum absolute atomic E-state index is 0.174. The van der Waals surface area contributed by atoms with E-state index in [1.807, 2.05) is 21.1 Å². The van der Waals surface area contributed by atoms with E-state index < -0.39 is 18.4 Å². The van der Waals surface area contributed by atoms with E-state index >= 15 is 0 Å². The molecule has 0 fully saturated rings. The van der Waals surface area contributed by atoms with Gasteiger partial charge in [0.2, 0.25) is 0 Å². The highest BCUT2D eigenvalue weighted by molar-refractivity contribution is 5.69. The van der Waals surface area contributed by atoms with Crippen LogP contribution < -0.4 is 5.11 Å². The average Bonchev–Trinajstić information content (AvgIpc) is 3.16. The molecule has 0 rings (SSSR count). The lowest BCUT2D eigenvalue weighted by atomic mass is 10.0. The van der Waals surface area contributed by atoms with Gasteiger partial charge in [-0.1, -0.05) is 225 Å². The molecular formula is C48H95NO7. The second kappa shape index (κ2) is 41.9. The summed E-state index contributed by atoms with van der Waals surface area (Å²) in [6.07, 6.45) is 46.0. The van der Waals surface area contributed by atoms with E-state index in [1.165, 1.54) is 205 Å². The van der Waals surface area contributed by atoms with Crippen molar-refractivity contribution in [3.8, 4) is 0 Å². The zero-order valence-corrected chi connectivity index (χ0v) is 37.8. The summed E-state index contributed by atoms with van der Waals surface area (Å²) in [6.45, 7) is 2.50. The van der Waals surface area contributed by atoms with Crippen molar-refractivity contribution in [2.24, 2.45) is 0 Å². The molecule has 0 aliphatic rings. The van der Waals surface area contributed by atoms with Crippen molar-refractivity contribution in [1.82, 2.24) is 0 Å². The molecule has 0 amide bonds. The highest BCUT2D eigenvalue weighted by atomic mass is 16.7. The molecule has 0 aromatic heterocycles. The standard InChI is InChI=1S/C48H95NO7/c1-5-6-7-8-9-10-11-12-13-14-15-16-17-18-19-20-21-22-23-24-25-26-27-28-29-30-31-32-33-34-35-36-37-38-39-40-46(51)55-43-45(50)44-56-48(47(52)53)54-42-41-49(2,3)4/h45,48,50H,5-44H2,1-4H3. The van der Waals surface area contributed by atoms with Crippen LogP contribution in [0.1, 0.15) is 238 Å². The van der Waals surface area contributed by atoms with Crippen LogP contribution in [0, 0.1) is 0 Å². The quantitative estimate of drug-likeness (QED) is 0.0283. The summed E-state index contributed by atoms with van der Waals surface area (Å²) in [7, 11) is 5.88. The summed E-state index contributed by atoms with van der Waals surface area (Å²) in [4.78, 5) is 23.2. The number of ether oxygens (including phenoxy) is 3. The van der Waals surface area contributed by atoms with E-state index in [4.69, 9.17) is 14.2 Å². The number of rotatable bonds is 46. The third kappa shape index (κ3) is 43.9. The van der Waals surface area contributed by atoms with Crippen LogP contribution in [-0.2, 0) is 23.8 Å². The number of aliphatic carboxylic acids is 1. The molecular weight excluding hydrogens is 703 g/mol. The first kappa shape index (κ1) is 54.8. The number of carbonyl (C=O) groups is 2. The van der Waals surface area contributed by atoms with Gasteiger partial charge >= 0.3 is 5.97 Å². The molecule has 2 atom stereocenters. The summed E-state index contributed by atoms with van der Waals surface area (Å²) in [6, 6.07) is 0. The Labute approximate surface area is 347 Å². The van der Waals surface area contributed by atoms with E-state index in [-0.39, 0.29) is 25.8 Å². The summed E-state index contributed by atoms with van der Waals surface area (Å²) >= 11 is 0. The number of carboxylic acid groups (broad SMARTS) is 1. The van der Waals surface area contributed by atoms with Gasteiger partial charge in [-0.3, -0.25) is 4.79 Å². The first-order valence-electron chi connectivity index (χ1n) is 24.2. The van der Waals surface area contributed by atoms with Crippen LogP contribution in [-0.4, -0.2) is 81.4 Å². The Bertz CT molecular complexity index is 833. The molecule has 1 N–H and O–H groups in total. The molecule has 0 saturated carbocycles. The Balaban J connectivity index is 3.31. The molecule has 0 spiro atoms. The topological polar surface area (TPSA) is 105 Å². The Hall–Kier alpha value is -1.22. The van der Waals surface area contributed by atoms with Crippen LogP contribution in [0.25, 0.3) is 0 Å². The highest BCUT2D eigenvalue weighted by Gasteiger charge is 2.17. The maximum absolute atomic E-state index is 12.0. The molecule has 0 aromatic carbocycles. The van der Waals surface area contributed by atoms with Crippen molar-refractivity contribution in [2.45, 2.75) is 250 Å². The lowest BCUT2D eigenvalue weighted by Crippen LogP contribution is -2.44. The van der Waals surface area contributed by atoms with Gasteiger partial charge < -0.3 is 33.7 Å². The Morgan fingerprint density at radius 1 is 0.482 bits per heavy atom. The fraction of sp³-hybridized carbons (Fsp3) is 0.958. The molecule has 0 aliphatic heterocycles. The van der Waals surface area contributed by atoms with Gasteiger partial charge in [0, 0.05) is 6.42 Å². The van der Waals surface area contributed by atoms with Crippen LogP contribution in [0.4, 0.5) is 0 Å². The SMILES string of the molecule is CCCCCCCCCCCCCCCCCCCCCCCCCCCCCCCCCCCCCC(=O)OCC(O)COC(OCC[N+](C)(C)C)C(=O)[O-]. The number of carbonyl (C=O) groups excluding carboxylic acids is 2. The Morgan fingerprint density at radius 3 is 1.07 bits per heavy atom. The van der Waals surface area contributed by atoms with E-state index in [9.17, 15) is 19.8 Å². The highest BCUT2D eigenvalue weighted by Crippen LogP contribution is 2.17. The van der Waals surface area contributed by atoms with Crippen molar-refractivity contribution in [2.75, 3.05) is 47.5 Å². The Morgan fingerprint density at radius 2 is 0.786 bits per heavy atom. The molecule has 0 bridgehead atoms. The first-order chi connectivity index (χ1) is 27.2. The number of hydrogen-bond acceptors (Lipinski definition) is 7. The maximum atomic E-state index is 12.0. The molecule has 8 nitrogen and oxygen atoms in total. The van der Waals surface area contributed by atoms with Gasteiger partial charge in [0.15, 0.2) is 6.29 Å². The minimum atomic E-state index is -1.57. The summed E-state index contributed by atoms with van der Waals surface area (Å²) in [5.41, 5.74) is 0. The minimum Gasteiger partial charge on any atom is -0.545 e. The van der Waals surface area contributed by atoms with Gasteiger partial charge in [-0.15, -0.1) is 0 Å². The smallest absolute Gasteiger partial charge is 0.305 e. The fourth-order valence-electron chi connectivity index (χ4n) is 7.30. The Kier molecular flexibility index (Phi) is 41.0. The van der Waals surface area contributed by atoms with Crippen LogP contribution >= 0.6 is 0 Å². The van der Waals surface area contributed by atoms with Crippen molar-refractivity contribution in [3.05, 3.63) is 0 Å². The number of hydrogen-bond donors (Lipinski definition) is 1. The third-order valence-electron chi connectivity index (χ3n) is 11.1. The zero-order valence-electron chi connectivity index (χ0n) is 37.8. The lowest BCUT2D eigenvalue weighted by Gasteiger charge is -2.26. The fourth-order valence-corrected chi connectivity index (χ4v) is 7.30. The van der Waals surface area contributed by atoms with Crippen molar-refractivity contribution in [3.63, 3.8) is 0 Å². The second-order valence-electron chi connectivity index (χ2n) is 18.0. The van der Waals surface area contributed by atoms with Crippen LogP contribution in [0.2, 0.25) is 0 Å². The summed E-state index contributed by atoms with van der Waals surface area (Å²) < 4.78 is 16.0. The largest absolute Gasteiger partial charge is 0.545 e. The van der Waals surface area contributed by atoms with Gasteiger partial charge in [0.1, 0.15) is 19.3 Å². The van der Waals surface area contributed by atoms with Crippen molar-refractivity contribution in [1.29, 1.82) is 0 Å². The monoisotopic (exact) mass is 798 g/mol. The zero-order chi connectivity index (χ0) is 41.2. The summed E-state index contributed by atoms with van der Waals surface area (Å²) in [5, 5.41) is 21.2. The van der Waals surface area contributed by atoms with Gasteiger partial charge in [-0.2, -0.15) is 0 Å². The van der Waals surface area contributed by atoms with Crippen molar-refractivity contribution >= 4 is 11.9 Å². The average molecular weight is 798 g/mol. The van der Waals surface area contributed by atoms with E-state index in [0.29, 0.717) is 17.4 Å². The molecule has 0 aliphatic carbocycles. The second-order valence-corrected chi connectivity index (χ2v) is 18.0. The van der Waals surface area contributed by atoms with E-state index in [2.05, 4.69) is 6.92 Å². The normalized spacial score (nSPS) is 12.9.